The van der Waals surface area contributed by atoms with Gasteiger partial charge < -0.3 is 24.8 Å². The number of hydrogen-bond donors (Lipinski definition) is 3. The quantitative estimate of drug-likeness (QED) is 0.0413. The summed E-state index contributed by atoms with van der Waals surface area (Å²) < 4.78 is 10.4. The molecule has 7 nitrogen and oxygen atoms in total. The summed E-state index contributed by atoms with van der Waals surface area (Å²) in [6.45, 7) is 6.12. The Hall–Kier alpha value is -2.22. The van der Waals surface area contributed by atoms with Crippen LogP contribution in [0.4, 0.5) is 0 Å². The zero-order valence-corrected chi connectivity index (χ0v) is 28.8. The van der Waals surface area contributed by atoms with Gasteiger partial charge >= 0.3 is 11.9 Å². The van der Waals surface area contributed by atoms with E-state index in [1.54, 1.807) is 12.2 Å². The molecule has 0 fully saturated rings. The van der Waals surface area contributed by atoms with E-state index in [1.807, 2.05) is 36.5 Å². The molecule has 0 aromatic rings. The van der Waals surface area contributed by atoms with Crippen LogP contribution in [0.1, 0.15) is 143 Å². The van der Waals surface area contributed by atoms with E-state index in [4.69, 9.17) is 9.47 Å². The van der Waals surface area contributed by atoms with Gasteiger partial charge in [-0.15, -0.1) is 0 Å². The molecule has 0 aliphatic carbocycles. The molecule has 0 aliphatic heterocycles. The molecule has 0 aliphatic rings. The molecule has 0 saturated carbocycles. The Morgan fingerprint density at radius 3 is 1.71 bits per heavy atom. The molecule has 0 aromatic heterocycles. The second kappa shape index (κ2) is 31.7. The molecule has 0 unspecified atom stereocenters. The van der Waals surface area contributed by atoms with Crippen molar-refractivity contribution >= 4 is 11.9 Å². The first-order chi connectivity index (χ1) is 21.8. The molecule has 45 heavy (non-hydrogen) atoms. The first-order valence-electron chi connectivity index (χ1n) is 17.8. The zero-order valence-electron chi connectivity index (χ0n) is 28.8. The van der Waals surface area contributed by atoms with Gasteiger partial charge in [0.15, 0.2) is 6.10 Å². The average molecular weight is 635 g/mol. The molecular weight excluding hydrogens is 568 g/mol. The zero-order chi connectivity index (χ0) is 33.4. The largest absolute Gasteiger partial charge is 0.462 e. The molecule has 0 spiro atoms. The minimum absolute atomic E-state index is 0.135. The highest BCUT2D eigenvalue weighted by Crippen LogP contribution is 2.14. The smallest absolute Gasteiger partial charge is 0.306 e. The van der Waals surface area contributed by atoms with Gasteiger partial charge in [-0.05, 0) is 38.0 Å². The monoisotopic (exact) mass is 634 g/mol. The summed E-state index contributed by atoms with van der Waals surface area (Å²) in [5.41, 5.74) is 0. The predicted octanol–water partition coefficient (Wildman–Crippen LogP) is 8.47. The number of esters is 2. The lowest BCUT2D eigenvalue weighted by Crippen LogP contribution is -2.28. The third kappa shape index (κ3) is 31.5. The van der Waals surface area contributed by atoms with Crippen LogP contribution in [-0.4, -0.2) is 58.8 Å². The van der Waals surface area contributed by atoms with Gasteiger partial charge in [-0.1, -0.05) is 146 Å². The van der Waals surface area contributed by atoms with Crippen molar-refractivity contribution in [3.63, 3.8) is 0 Å². The fourth-order valence-electron chi connectivity index (χ4n) is 4.72. The van der Waals surface area contributed by atoms with E-state index in [1.165, 1.54) is 44.9 Å². The average Bonchev–Trinajstić information content (AvgIpc) is 3.01. The Morgan fingerprint density at radius 1 is 0.644 bits per heavy atom. The normalized spacial score (nSPS) is 14.3. The molecule has 7 heteroatoms. The predicted molar refractivity (Wildman–Crippen MR) is 185 cm³/mol. The van der Waals surface area contributed by atoms with E-state index in [0.717, 1.165) is 57.3 Å². The van der Waals surface area contributed by atoms with Gasteiger partial charge in [0.25, 0.3) is 0 Å². The Morgan fingerprint density at radius 2 is 1.16 bits per heavy atom. The number of rotatable bonds is 30. The van der Waals surface area contributed by atoms with E-state index in [0.29, 0.717) is 19.3 Å². The van der Waals surface area contributed by atoms with Gasteiger partial charge in [0.1, 0.15) is 6.61 Å². The first kappa shape index (κ1) is 42.8. The van der Waals surface area contributed by atoms with Gasteiger partial charge in [-0.25, -0.2) is 0 Å². The van der Waals surface area contributed by atoms with E-state index >= 15 is 0 Å². The van der Waals surface area contributed by atoms with E-state index in [2.05, 4.69) is 20.8 Å². The Balaban J connectivity index is 3.87. The second-order valence-corrected chi connectivity index (χ2v) is 12.5. The highest BCUT2D eigenvalue weighted by Gasteiger charge is 2.16. The summed E-state index contributed by atoms with van der Waals surface area (Å²) >= 11 is 0. The summed E-state index contributed by atoms with van der Waals surface area (Å²) in [5.74, 6) is -0.0251. The standard InChI is InChI=1S/C38H66O7/c1-4-5-18-25-34(40)26-20-15-11-9-12-16-21-27-35(41)28-23-30-37(42)44-32-36(31-39)45-38(43)29-22-17-13-8-6-7-10-14-19-24-33(2)3/h11-12,15-16,20-21,26-27,33-36,39-41H,4-10,13-14,17-19,22-25,28-32H2,1-3H3/b15-11-,16-12-,26-20+,27-21+/t34-,35-,36-/m0/s1. The SMILES string of the molecule is CCCCC[C@H](O)/C=C/C=C\C/C=C\C=C\[C@H](O)CCCC(=O)OC[C@H](CO)OC(=O)CCCCCCCCCCCC(C)C. The summed E-state index contributed by atoms with van der Waals surface area (Å²) in [7, 11) is 0. The van der Waals surface area contributed by atoms with Crippen LogP contribution in [0.15, 0.2) is 48.6 Å². The van der Waals surface area contributed by atoms with Crippen LogP contribution >= 0.6 is 0 Å². The molecule has 3 atom stereocenters. The molecule has 0 radical (unpaired) electrons. The summed E-state index contributed by atoms with van der Waals surface area (Å²) in [5, 5.41) is 29.4. The van der Waals surface area contributed by atoms with Crippen LogP contribution in [-0.2, 0) is 19.1 Å². The molecule has 260 valence electrons. The molecule has 0 bridgehead atoms. The molecule has 0 aromatic carbocycles. The van der Waals surface area contributed by atoms with Crippen molar-refractivity contribution < 1.29 is 34.4 Å². The number of aliphatic hydroxyl groups is 3. The molecule has 0 saturated heterocycles. The minimum Gasteiger partial charge on any atom is -0.462 e. The lowest BCUT2D eigenvalue weighted by Gasteiger charge is -2.16. The van der Waals surface area contributed by atoms with Crippen molar-refractivity contribution in [3.05, 3.63) is 48.6 Å². The van der Waals surface area contributed by atoms with E-state index in [9.17, 15) is 24.9 Å². The highest BCUT2D eigenvalue weighted by atomic mass is 16.6. The first-order valence-corrected chi connectivity index (χ1v) is 17.8. The maximum atomic E-state index is 12.1. The van der Waals surface area contributed by atoms with Crippen LogP contribution in [0.25, 0.3) is 0 Å². The topological polar surface area (TPSA) is 113 Å². The number of carbonyl (C=O) groups is 2. The van der Waals surface area contributed by atoms with Crippen LogP contribution in [0.2, 0.25) is 0 Å². The summed E-state index contributed by atoms with van der Waals surface area (Å²) in [6, 6.07) is 0. The van der Waals surface area contributed by atoms with Crippen molar-refractivity contribution in [3.8, 4) is 0 Å². The van der Waals surface area contributed by atoms with Gasteiger partial charge in [0.05, 0.1) is 18.8 Å². The fourth-order valence-corrected chi connectivity index (χ4v) is 4.72. The fraction of sp³-hybridized carbons (Fsp3) is 0.737. The van der Waals surface area contributed by atoms with Gasteiger partial charge in [-0.3, -0.25) is 9.59 Å². The second-order valence-electron chi connectivity index (χ2n) is 12.5. The molecule has 3 N–H and O–H groups in total. The lowest BCUT2D eigenvalue weighted by atomic mass is 10.0. The minimum atomic E-state index is -0.856. The van der Waals surface area contributed by atoms with Crippen molar-refractivity contribution in [2.45, 2.75) is 161 Å². The lowest BCUT2D eigenvalue weighted by molar-refractivity contribution is -0.161. The number of ether oxygens (including phenoxy) is 2. The molecule has 0 rings (SSSR count). The maximum Gasteiger partial charge on any atom is 0.306 e. The number of aliphatic hydroxyl groups excluding tert-OH is 3. The van der Waals surface area contributed by atoms with E-state index in [-0.39, 0.29) is 25.1 Å². The maximum absolute atomic E-state index is 12.1. The van der Waals surface area contributed by atoms with Crippen molar-refractivity contribution in [1.29, 1.82) is 0 Å². The van der Waals surface area contributed by atoms with Crippen molar-refractivity contribution in [1.82, 2.24) is 0 Å². The third-order valence-corrected chi connectivity index (χ3v) is 7.51. The van der Waals surface area contributed by atoms with Crippen LogP contribution in [0, 0.1) is 5.92 Å². The van der Waals surface area contributed by atoms with Crippen LogP contribution in [0.3, 0.4) is 0 Å². The number of hydrogen-bond acceptors (Lipinski definition) is 7. The van der Waals surface area contributed by atoms with Gasteiger partial charge in [0.2, 0.25) is 0 Å². The molecule has 0 amide bonds. The molecular formula is C38H66O7. The Bertz CT molecular complexity index is 815. The third-order valence-electron chi connectivity index (χ3n) is 7.51. The van der Waals surface area contributed by atoms with Gasteiger partial charge in [-0.2, -0.15) is 0 Å². The summed E-state index contributed by atoms with van der Waals surface area (Å²) in [4.78, 5) is 24.2. The Labute approximate surface area is 274 Å². The van der Waals surface area contributed by atoms with Gasteiger partial charge in [0, 0.05) is 12.8 Å². The number of allylic oxidation sites excluding steroid dienone is 6. The van der Waals surface area contributed by atoms with Crippen molar-refractivity contribution in [2.24, 2.45) is 5.92 Å². The van der Waals surface area contributed by atoms with Crippen LogP contribution in [0.5, 0.6) is 0 Å². The number of carbonyl (C=O) groups excluding carboxylic acids is 2. The van der Waals surface area contributed by atoms with E-state index < -0.39 is 24.8 Å². The number of unbranched alkanes of at least 4 members (excludes halogenated alkanes) is 10. The highest BCUT2D eigenvalue weighted by molar-refractivity contribution is 5.70. The van der Waals surface area contributed by atoms with Crippen LogP contribution < -0.4 is 0 Å². The summed E-state index contributed by atoms with van der Waals surface area (Å²) in [6.07, 6.45) is 31.0. The van der Waals surface area contributed by atoms with Crippen molar-refractivity contribution in [2.75, 3.05) is 13.2 Å². The molecule has 0 heterocycles. The Kier molecular flexibility index (Phi) is 30.2.